The van der Waals surface area contributed by atoms with E-state index >= 15 is 0 Å². The van der Waals surface area contributed by atoms with Crippen LogP contribution in [0.4, 0.5) is 0 Å². The molecule has 1 unspecified atom stereocenters. The highest BCUT2D eigenvalue weighted by Gasteiger charge is 2.25. The van der Waals surface area contributed by atoms with Crippen molar-refractivity contribution in [3.63, 3.8) is 0 Å². The maximum atomic E-state index is 13.3. The smallest absolute Gasteiger partial charge is 0.242 e. The van der Waals surface area contributed by atoms with E-state index in [-0.39, 0.29) is 24.4 Å². The molecule has 2 amide bonds. The minimum Gasteiger partial charge on any atom is -0.467 e. The summed E-state index contributed by atoms with van der Waals surface area (Å²) in [6.07, 6.45) is 9.14. The van der Waals surface area contributed by atoms with Crippen LogP contribution >= 0.6 is 0 Å². The number of carbonyl (C=O) groups is 2. The molecule has 0 aliphatic carbocycles. The number of hydrogen-bond donors (Lipinski definition) is 0. The molecule has 0 bridgehead atoms. The third-order valence-electron chi connectivity index (χ3n) is 5.68. The van der Waals surface area contributed by atoms with Crippen LogP contribution in [0.15, 0.2) is 41.1 Å². The Balaban J connectivity index is 2.10. The van der Waals surface area contributed by atoms with Crippen LogP contribution in [0.2, 0.25) is 0 Å². The third kappa shape index (κ3) is 7.08. The summed E-state index contributed by atoms with van der Waals surface area (Å²) in [6.45, 7) is 7.19. The Labute approximate surface area is 180 Å². The first-order valence-electron chi connectivity index (χ1n) is 11.2. The van der Waals surface area contributed by atoms with Gasteiger partial charge in [-0.2, -0.15) is 0 Å². The number of rotatable bonds is 13. The van der Waals surface area contributed by atoms with Crippen molar-refractivity contribution in [1.82, 2.24) is 14.4 Å². The minimum atomic E-state index is -0.0604. The summed E-state index contributed by atoms with van der Waals surface area (Å²) >= 11 is 0. The predicted octanol–water partition coefficient (Wildman–Crippen LogP) is 4.74. The van der Waals surface area contributed by atoms with Gasteiger partial charge in [0.05, 0.1) is 19.4 Å². The molecule has 2 rings (SSSR count). The van der Waals surface area contributed by atoms with Crippen LogP contribution in [-0.4, -0.2) is 38.8 Å². The quantitative estimate of drug-likeness (QED) is 0.444. The van der Waals surface area contributed by atoms with Crippen LogP contribution in [-0.2, 0) is 29.7 Å². The molecule has 0 aromatic carbocycles. The highest BCUT2D eigenvalue weighted by atomic mass is 16.3. The molecule has 0 spiro atoms. The predicted molar refractivity (Wildman–Crippen MR) is 119 cm³/mol. The highest BCUT2D eigenvalue weighted by molar-refractivity contribution is 5.85. The van der Waals surface area contributed by atoms with Gasteiger partial charge in [-0.25, -0.2) is 0 Å². The van der Waals surface area contributed by atoms with Gasteiger partial charge >= 0.3 is 0 Å². The molecule has 166 valence electrons. The average Bonchev–Trinajstić information content (AvgIpc) is 3.40. The van der Waals surface area contributed by atoms with Crippen molar-refractivity contribution in [3.8, 4) is 0 Å². The Bertz CT molecular complexity index is 767. The lowest BCUT2D eigenvalue weighted by Crippen LogP contribution is -2.46. The molecule has 2 heterocycles. The molecule has 0 N–H and O–H groups in total. The van der Waals surface area contributed by atoms with Gasteiger partial charge in [0.15, 0.2) is 0 Å². The van der Waals surface area contributed by atoms with Crippen molar-refractivity contribution >= 4 is 11.8 Å². The zero-order chi connectivity index (χ0) is 21.9. The number of hydrogen-bond acceptors (Lipinski definition) is 3. The van der Waals surface area contributed by atoms with Gasteiger partial charge < -0.3 is 18.8 Å². The standard InChI is InChI=1S/C24H37N3O3/c1-5-7-8-9-14-23(28)27(20(3)6-2)19-24(29)26(18-22-13-11-16-30-22)17-21-12-10-15-25(21)4/h10-13,15-16,20H,5-9,14,17-19H2,1-4H3. The Kier molecular flexibility index (Phi) is 9.71. The van der Waals surface area contributed by atoms with Gasteiger partial charge in [-0.1, -0.05) is 33.1 Å². The summed E-state index contributed by atoms with van der Waals surface area (Å²) in [5.74, 6) is 0.749. The summed E-state index contributed by atoms with van der Waals surface area (Å²) in [6, 6.07) is 7.71. The number of aryl methyl sites for hydroxylation is 1. The zero-order valence-electron chi connectivity index (χ0n) is 19.0. The van der Waals surface area contributed by atoms with E-state index in [0.29, 0.717) is 19.5 Å². The molecule has 0 saturated heterocycles. The summed E-state index contributed by atoms with van der Waals surface area (Å²) in [4.78, 5) is 29.7. The third-order valence-corrected chi connectivity index (χ3v) is 5.68. The van der Waals surface area contributed by atoms with Gasteiger partial charge in [-0.15, -0.1) is 0 Å². The maximum absolute atomic E-state index is 13.3. The first kappa shape index (κ1) is 23.8. The van der Waals surface area contributed by atoms with Crippen molar-refractivity contribution in [1.29, 1.82) is 0 Å². The first-order valence-corrected chi connectivity index (χ1v) is 11.2. The van der Waals surface area contributed by atoms with Gasteiger partial charge in [0, 0.05) is 31.4 Å². The van der Waals surface area contributed by atoms with E-state index in [1.54, 1.807) is 16.1 Å². The molecule has 0 fully saturated rings. The van der Waals surface area contributed by atoms with E-state index in [1.807, 2.05) is 49.0 Å². The fourth-order valence-corrected chi connectivity index (χ4v) is 3.48. The lowest BCUT2D eigenvalue weighted by atomic mass is 10.1. The van der Waals surface area contributed by atoms with Crippen molar-refractivity contribution in [3.05, 3.63) is 48.2 Å². The van der Waals surface area contributed by atoms with Crippen LogP contribution in [0.5, 0.6) is 0 Å². The SMILES string of the molecule is CCCCCCC(=O)N(CC(=O)N(Cc1ccco1)Cc1cccn1C)C(C)CC. The van der Waals surface area contributed by atoms with Gasteiger partial charge in [0.1, 0.15) is 12.3 Å². The van der Waals surface area contributed by atoms with E-state index in [9.17, 15) is 9.59 Å². The van der Waals surface area contributed by atoms with Crippen molar-refractivity contribution in [2.45, 2.75) is 78.4 Å². The zero-order valence-corrected chi connectivity index (χ0v) is 19.0. The Morgan fingerprint density at radius 2 is 1.87 bits per heavy atom. The molecular formula is C24H37N3O3. The highest BCUT2D eigenvalue weighted by Crippen LogP contribution is 2.15. The van der Waals surface area contributed by atoms with Crippen LogP contribution in [0.3, 0.4) is 0 Å². The molecule has 6 heteroatoms. The van der Waals surface area contributed by atoms with Gasteiger partial charge in [-0.05, 0) is 44.0 Å². The second-order valence-electron chi connectivity index (χ2n) is 8.03. The molecule has 6 nitrogen and oxygen atoms in total. The van der Waals surface area contributed by atoms with E-state index in [4.69, 9.17) is 4.42 Å². The lowest BCUT2D eigenvalue weighted by Gasteiger charge is -2.31. The van der Waals surface area contributed by atoms with Gasteiger partial charge in [-0.3, -0.25) is 9.59 Å². The topological polar surface area (TPSA) is 58.7 Å². The lowest BCUT2D eigenvalue weighted by molar-refractivity contribution is -0.143. The molecule has 0 aliphatic heterocycles. The van der Waals surface area contributed by atoms with Crippen LogP contribution < -0.4 is 0 Å². The van der Waals surface area contributed by atoms with Crippen LogP contribution in [0.1, 0.15) is 70.8 Å². The average molecular weight is 416 g/mol. The number of aromatic nitrogens is 1. The summed E-state index contributed by atoms with van der Waals surface area (Å²) < 4.78 is 7.49. The second-order valence-corrected chi connectivity index (χ2v) is 8.03. The van der Waals surface area contributed by atoms with Gasteiger partial charge in [0.2, 0.25) is 11.8 Å². The monoisotopic (exact) mass is 415 g/mol. The van der Waals surface area contributed by atoms with Crippen molar-refractivity contribution < 1.29 is 14.0 Å². The Morgan fingerprint density at radius 1 is 1.07 bits per heavy atom. The van der Waals surface area contributed by atoms with E-state index in [0.717, 1.165) is 43.6 Å². The maximum Gasteiger partial charge on any atom is 0.242 e. The number of unbranched alkanes of at least 4 members (excludes halogenated alkanes) is 3. The molecule has 2 aromatic rings. The van der Waals surface area contributed by atoms with Gasteiger partial charge in [0.25, 0.3) is 0 Å². The van der Waals surface area contributed by atoms with Crippen molar-refractivity contribution in [2.75, 3.05) is 6.54 Å². The fourth-order valence-electron chi connectivity index (χ4n) is 3.48. The van der Waals surface area contributed by atoms with E-state index < -0.39 is 0 Å². The molecule has 0 saturated carbocycles. The molecule has 30 heavy (non-hydrogen) atoms. The Hall–Kier alpha value is -2.50. The summed E-state index contributed by atoms with van der Waals surface area (Å²) in [5, 5.41) is 0. The summed E-state index contributed by atoms with van der Waals surface area (Å²) in [5.41, 5.74) is 1.04. The fraction of sp³-hybridized carbons (Fsp3) is 0.583. The van der Waals surface area contributed by atoms with Crippen LogP contribution in [0, 0.1) is 0 Å². The molecule has 2 aromatic heterocycles. The van der Waals surface area contributed by atoms with E-state index in [1.165, 1.54) is 0 Å². The largest absolute Gasteiger partial charge is 0.467 e. The molecular weight excluding hydrogens is 378 g/mol. The number of carbonyl (C=O) groups excluding carboxylic acids is 2. The molecule has 1 atom stereocenters. The van der Waals surface area contributed by atoms with E-state index in [2.05, 4.69) is 13.8 Å². The first-order chi connectivity index (χ1) is 14.5. The van der Waals surface area contributed by atoms with Crippen LogP contribution in [0.25, 0.3) is 0 Å². The number of furan rings is 1. The molecule has 0 radical (unpaired) electrons. The normalized spacial score (nSPS) is 12.0. The Morgan fingerprint density at radius 3 is 2.47 bits per heavy atom. The minimum absolute atomic E-state index is 0.0353. The molecule has 0 aliphatic rings. The van der Waals surface area contributed by atoms with Crippen molar-refractivity contribution in [2.24, 2.45) is 7.05 Å². The second kappa shape index (κ2) is 12.3. The number of nitrogens with zero attached hydrogens (tertiary/aromatic N) is 3. The summed E-state index contributed by atoms with van der Waals surface area (Å²) in [7, 11) is 1.97. The number of amides is 2.